The van der Waals surface area contributed by atoms with Gasteiger partial charge in [0.25, 0.3) is 5.91 Å². The first-order chi connectivity index (χ1) is 13.0. The molecule has 1 amide bonds. The average molecular weight is 397 g/mol. The molecule has 1 heterocycles. The van der Waals surface area contributed by atoms with E-state index in [2.05, 4.69) is 35.6 Å². The van der Waals surface area contributed by atoms with E-state index in [4.69, 9.17) is 4.74 Å². The van der Waals surface area contributed by atoms with Crippen LogP contribution in [-0.2, 0) is 14.3 Å². The summed E-state index contributed by atoms with van der Waals surface area (Å²) < 4.78 is 39.8. The van der Waals surface area contributed by atoms with Crippen LogP contribution in [0.15, 0.2) is 18.2 Å². The van der Waals surface area contributed by atoms with Crippen LogP contribution in [0, 0.1) is 17.3 Å². The lowest BCUT2D eigenvalue weighted by Gasteiger charge is -2.36. The number of ether oxygens (including phenoxy) is 3. The maximum Gasteiger partial charge on any atom is 0.586 e. The SMILES string of the molecule is CC(C)(C)C1CCC(C(=O)OCC(=O)Nc2ccc3c(c2)OC(F)(F)O3)CC1. The number of nitrogens with one attached hydrogen (secondary N) is 1. The van der Waals surface area contributed by atoms with Gasteiger partial charge in [-0.2, -0.15) is 0 Å². The lowest BCUT2D eigenvalue weighted by Crippen LogP contribution is -2.31. The van der Waals surface area contributed by atoms with Crippen LogP contribution >= 0.6 is 0 Å². The third-order valence-corrected chi connectivity index (χ3v) is 5.32. The highest BCUT2D eigenvalue weighted by Crippen LogP contribution is 2.42. The van der Waals surface area contributed by atoms with Gasteiger partial charge in [-0.3, -0.25) is 9.59 Å². The van der Waals surface area contributed by atoms with Gasteiger partial charge in [-0.05, 0) is 49.1 Å². The van der Waals surface area contributed by atoms with E-state index in [0.29, 0.717) is 5.92 Å². The molecule has 28 heavy (non-hydrogen) atoms. The molecular weight excluding hydrogens is 372 g/mol. The molecule has 0 atom stereocenters. The van der Waals surface area contributed by atoms with Crippen molar-refractivity contribution in [2.75, 3.05) is 11.9 Å². The van der Waals surface area contributed by atoms with Gasteiger partial charge in [-0.1, -0.05) is 20.8 Å². The van der Waals surface area contributed by atoms with Crippen LogP contribution in [-0.4, -0.2) is 24.8 Å². The minimum absolute atomic E-state index is 0.111. The van der Waals surface area contributed by atoms with Crippen molar-refractivity contribution in [3.8, 4) is 11.5 Å². The van der Waals surface area contributed by atoms with E-state index in [9.17, 15) is 18.4 Å². The van der Waals surface area contributed by atoms with Gasteiger partial charge in [0.15, 0.2) is 18.1 Å². The van der Waals surface area contributed by atoms with Gasteiger partial charge in [-0.15, -0.1) is 8.78 Å². The Labute approximate surface area is 162 Å². The molecule has 1 aliphatic heterocycles. The topological polar surface area (TPSA) is 73.9 Å². The van der Waals surface area contributed by atoms with Crippen molar-refractivity contribution in [2.24, 2.45) is 17.3 Å². The fourth-order valence-electron chi connectivity index (χ4n) is 3.67. The van der Waals surface area contributed by atoms with E-state index >= 15 is 0 Å². The number of carbonyl (C=O) groups excluding carboxylic acids is 2. The van der Waals surface area contributed by atoms with Crippen LogP contribution in [0.5, 0.6) is 11.5 Å². The first-order valence-corrected chi connectivity index (χ1v) is 9.40. The van der Waals surface area contributed by atoms with Crippen molar-refractivity contribution >= 4 is 17.6 Å². The van der Waals surface area contributed by atoms with E-state index in [-0.39, 0.29) is 34.5 Å². The molecule has 1 aromatic rings. The fraction of sp³-hybridized carbons (Fsp3) is 0.600. The van der Waals surface area contributed by atoms with Crippen LogP contribution < -0.4 is 14.8 Å². The second kappa shape index (κ2) is 7.56. The maximum atomic E-state index is 13.0. The van der Waals surface area contributed by atoms with E-state index in [1.165, 1.54) is 18.2 Å². The number of alkyl halides is 2. The second-order valence-electron chi connectivity index (χ2n) is 8.40. The Morgan fingerprint density at radius 1 is 1.14 bits per heavy atom. The molecule has 1 aliphatic carbocycles. The quantitative estimate of drug-likeness (QED) is 0.765. The van der Waals surface area contributed by atoms with Gasteiger partial charge in [0.1, 0.15) is 0 Å². The molecule has 0 aromatic heterocycles. The first kappa shape index (κ1) is 20.4. The number of esters is 1. The number of carbonyl (C=O) groups is 2. The zero-order valence-corrected chi connectivity index (χ0v) is 16.2. The Hall–Kier alpha value is -2.38. The highest BCUT2D eigenvalue weighted by atomic mass is 19.3. The van der Waals surface area contributed by atoms with E-state index in [0.717, 1.165) is 25.7 Å². The number of amides is 1. The predicted octanol–water partition coefficient (Wildman–Crippen LogP) is 4.34. The maximum absolute atomic E-state index is 13.0. The zero-order chi connectivity index (χ0) is 20.5. The molecule has 0 radical (unpaired) electrons. The third-order valence-electron chi connectivity index (χ3n) is 5.32. The summed E-state index contributed by atoms with van der Waals surface area (Å²) in [4.78, 5) is 24.2. The number of halogens is 2. The largest absolute Gasteiger partial charge is 0.586 e. The average Bonchev–Trinajstić information content (AvgIpc) is 2.92. The molecule has 1 aromatic carbocycles. The standard InChI is InChI=1S/C20H25F2NO5/c1-19(2,3)13-6-4-12(5-7-13)18(25)26-11-17(24)23-14-8-9-15-16(10-14)28-20(21,22)27-15/h8-10,12-13H,4-7,11H2,1-3H3,(H,23,24). The molecule has 6 nitrogen and oxygen atoms in total. The third kappa shape index (κ3) is 4.91. The molecule has 0 saturated heterocycles. The number of anilines is 1. The van der Waals surface area contributed by atoms with Gasteiger partial charge >= 0.3 is 12.3 Å². The Morgan fingerprint density at radius 3 is 2.43 bits per heavy atom. The van der Waals surface area contributed by atoms with Crippen molar-refractivity contribution in [1.82, 2.24) is 0 Å². The summed E-state index contributed by atoms with van der Waals surface area (Å²) in [6, 6.07) is 3.90. The smallest absolute Gasteiger partial charge is 0.455 e. The summed E-state index contributed by atoms with van der Waals surface area (Å²) in [7, 11) is 0. The van der Waals surface area contributed by atoms with Crippen molar-refractivity contribution in [3.05, 3.63) is 18.2 Å². The van der Waals surface area contributed by atoms with Gasteiger partial charge in [0, 0.05) is 11.8 Å². The summed E-state index contributed by atoms with van der Waals surface area (Å²) in [5.74, 6) is -0.803. The summed E-state index contributed by atoms with van der Waals surface area (Å²) in [5.41, 5.74) is 0.468. The highest BCUT2D eigenvalue weighted by Gasteiger charge is 2.43. The minimum Gasteiger partial charge on any atom is -0.455 e. The van der Waals surface area contributed by atoms with Crippen LogP contribution in [0.3, 0.4) is 0 Å². The monoisotopic (exact) mass is 397 g/mol. The molecule has 2 aliphatic rings. The van der Waals surface area contributed by atoms with E-state index in [1.807, 2.05) is 0 Å². The molecule has 1 N–H and O–H groups in total. The van der Waals surface area contributed by atoms with E-state index < -0.39 is 18.8 Å². The molecule has 1 saturated carbocycles. The molecule has 3 rings (SSSR count). The Bertz CT molecular complexity index is 751. The lowest BCUT2D eigenvalue weighted by molar-refractivity contribution is -0.286. The molecule has 1 fully saturated rings. The molecule has 8 heteroatoms. The van der Waals surface area contributed by atoms with Crippen molar-refractivity contribution in [2.45, 2.75) is 52.7 Å². The first-order valence-electron chi connectivity index (χ1n) is 9.40. The van der Waals surface area contributed by atoms with Crippen molar-refractivity contribution in [3.63, 3.8) is 0 Å². The number of fused-ring (bicyclic) bond motifs is 1. The van der Waals surface area contributed by atoms with Crippen LogP contribution in [0.2, 0.25) is 0 Å². The predicted molar refractivity (Wildman–Crippen MR) is 97.1 cm³/mol. The molecule has 0 bridgehead atoms. The summed E-state index contributed by atoms with van der Waals surface area (Å²) in [6.07, 6.45) is -0.251. The number of benzene rings is 1. The summed E-state index contributed by atoms with van der Waals surface area (Å²) >= 11 is 0. The summed E-state index contributed by atoms with van der Waals surface area (Å²) in [5, 5.41) is 2.49. The van der Waals surface area contributed by atoms with Crippen LogP contribution in [0.25, 0.3) is 0 Å². The fourth-order valence-corrected chi connectivity index (χ4v) is 3.67. The number of hydrogen-bond acceptors (Lipinski definition) is 5. The van der Waals surface area contributed by atoms with Gasteiger partial charge in [0.2, 0.25) is 0 Å². The summed E-state index contributed by atoms with van der Waals surface area (Å²) in [6.45, 7) is 6.19. The Kier molecular flexibility index (Phi) is 5.50. The molecule has 0 spiro atoms. The zero-order valence-electron chi connectivity index (χ0n) is 16.2. The molecule has 154 valence electrons. The van der Waals surface area contributed by atoms with E-state index in [1.54, 1.807) is 0 Å². The Morgan fingerprint density at radius 2 is 1.79 bits per heavy atom. The van der Waals surface area contributed by atoms with Gasteiger partial charge < -0.3 is 19.5 Å². The van der Waals surface area contributed by atoms with Crippen molar-refractivity contribution in [1.29, 1.82) is 0 Å². The number of hydrogen-bond donors (Lipinski definition) is 1. The van der Waals surface area contributed by atoms with Gasteiger partial charge in [-0.25, -0.2) is 0 Å². The Balaban J connectivity index is 1.45. The molecular formula is C20H25F2NO5. The van der Waals surface area contributed by atoms with Crippen molar-refractivity contribution < 1.29 is 32.6 Å². The molecule has 0 unspecified atom stereocenters. The highest BCUT2D eigenvalue weighted by molar-refractivity contribution is 5.93. The van der Waals surface area contributed by atoms with Crippen LogP contribution in [0.1, 0.15) is 46.5 Å². The normalized spacial score (nSPS) is 23.2. The van der Waals surface area contributed by atoms with Gasteiger partial charge in [0.05, 0.1) is 5.92 Å². The second-order valence-corrected chi connectivity index (χ2v) is 8.40. The minimum atomic E-state index is -3.72. The van der Waals surface area contributed by atoms with Crippen LogP contribution in [0.4, 0.5) is 14.5 Å². The number of rotatable bonds is 4. The lowest BCUT2D eigenvalue weighted by atomic mass is 9.70.